The molecule has 6 nitrogen and oxygen atoms in total. The van der Waals surface area contributed by atoms with Crippen LogP contribution in [0.3, 0.4) is 0 Å². The van der Waals surface area contributed by atoms with Gasteiger partial charge in [-0.2, -0.15) is 0 Å². The summed E-state index contributed by atoms with van der Waals surface area (Å²) in [6.45, 7) is 2.38. The third-order valence-electron chi connectivity index (χ3n) is 5.12. The molecule has 0 heterocycles. The van der Waals surface area contributed by atoms with E-state index in [0.29, 0.717) is 18.7 Å². The van der Waals surface area contributed by atoms with E-state index in [1.807, 2.05) is 55.5 Å². The van der Waals surface area contributed by atoms with E-state index in [1.165, 1.54) is 12.1 Å². The number of nitro benzene ring substituents is 1. The summed E-state index contributed by atoms with van der Waals surface area (Å²) in [5.74, 6) is 0.764. The minimum Gasteiger partial charge on any atom is -0.497 e. The van der Waals surface area contributed by atoms with Gasteiger partial charge in [-0.1, -0.05) is 55.8 Å². The Hall–Kier alpha value is -3.67. The first-order valence-electron chi connectivity index (χ1n) is 10.3. The Balaban J connectivity index is 1.84. The molecule has 0 aromatic heterocycles. The zero-order chi connectivity index (χ0) is 22.2. The number of nitro groups is 1. The second-order valence-corrected chi connectivity index (χ2v) is 7.29. The molecule has 0 N–H and O–H groups in total. The van der Waals surface area contributed by atoms with E-state index in [2.05, 4.69) is 0 Å². The first-order valence-corrected chi connectivity index (χ1v) is 10.3. The minimum atomic E-state index is -0.443. The predicted molar refractivity (Wildman–Crippen MR) is 122 cm³/mol. The average Bonchev–Trinajstić information content (AvgIpc) is 2.81. The molecule has 0 aliphatic heterocycles. The molecule has 0 saturated heterocycles. The standard InChI is InChI=1S/C25H26N2O4/c1-3-4-8-25(28)26(22-6-5-7-23(17-22)27(29)30)18-19-9-11-20(12-10-19)21-13-15-24(31-2)16-14-21/h5-7,9-17H,3-4,8,18H2,1-2H3. The van der Waals surface area contributed by atoms with E-state index in [-0.39, 0.29) is 11.6 Å². The molecule has 0 radical (unpaired) electrons. The number of anilines is 1. The number of unbranched alkanes of at least 4 members (excludes halogenated alkanes) is 1. The summed E-state index contributed by atoms with van der Waals surface area (Å²) in [7, 11) is 1.64. The Labute approximate surface area is 182 Å². The van der Waals surface area contributed by atoms with Gasteiger partial charge < -0.3 is 9.64 Å². The van der Waals surface area contributed by atoms with Gasteiger partial charge in [0.1, 0.15) is 5.75 Å². The van der Waals surface area contributed by atoms with E-state index >= 15 is 0 Å². The Morgan fingerprint density at radius 2 is 1.65 bits per heavy atom. The fourth-order valence-electron chi connectivity index (χ4n) is 3.33. The van der Waals surface area contributed by atoms with Gasteiger partial charge >= 0.3 is 0 Å². The molecule has 0 spiro atoms. The maximum atomic E-state index is 12.9. The molecule has 0 fully saturated rings. The summed E-state index contributed by atoms with van der Waals surface area (Å²) in [5, 5.41) is 11.2. The van der Waals surface area contributed by atoms with Crippen LogP contribution in [0.2, 0.25) is 0 Å². The first kappa shape index (κ1) is 22.0. The molecular formula is C25H26N2O4. The summed E-state index contributed by atoms with van der Waals surface area (Å²) in [6.07, 6.45) is 2.09. The monoisotopic (exact) mass is 418 g/mol. The average molecular weight is 418 g/mol. The van der Waals surface area contributed by atoms with Crippen LogP contribution in [0.15, 0.2) is 72.8 Å². The van der Waals surface area contributed by atoms with Gasteiger partial charge in [0.2, 0.25) is 5.91 Å². The number of carbonyl (C=O) groups is 1. The smallest absolute Gasteiger partial charge is 0.271 e. The van der Waals surface area contributed by atoms with E-state index in [4.69, 9.17) is 4.74 Å². The molecule has 0 atom stereocenters. The lowest BCUT2D eigenvalue weighted by molar-refractivity contribution is -0.384. The molecular weight excluding hydrogens is 392 g/mol. The lowest BCUT2D eigenvalue weighted by atomic mass is 10.0. The summed E-state index contributed by atoms with van der Waals surface area (Å²) in [6, 6.07) is 22.1. The van der Waals surface area contributed by atoms with Crippen molar-refractivity contribution in [1.82, 2.24) is 0 Å². The summed E-state index contributed by atoms with van der Waals surface area (Å²) in [4.78, 5) is 25.3. The van der Waals surface area contributed by atoms with E-state index in [9.17, 15) is 14.9 Å². The van der Waals surface area contributed by atoms with Crippen LogP contribution in [-0.4, -0.2) is 17.9 Å². The number of nitrogens with zero attached hydrogens (tertiary/aromatic N) is 2. The van der Waals surface area contributed by atoms with Gasteiger partial charge in [-0.3, -0.25) is 14.9 Å². The van der Waals surface area contributed by atoms with Gasteiger partial charge in [0.05, 0.1) is 24.3 Å². The molecule has 31 heavy (non-hydrogen) atoms. The molecule has 160 valence electrons. The van der Waals surface area contributed by atoms with Gasteiger partial charge in [-0.15, -0.1) is 0 Å². The van der Waals surface area contributed by atoms with Crippen LogP contribution in [0.25, 0.3) is 11.1 Å². The Kier molecular flexibility index (Phi) is 7.38. The lowest BCUT2D eigenvalue weighted by Gasteiger charge is -2.23. The predicted octanol–water partition coefficient (Wildman–Crippen LogP) is 5.99. The molecule has 6 heteroatoms. The zero-order valence-electron chi connectivity index (χ0n) is 17.8. The summed E-state index contributed by atoms with van der Waals surface area (Å²) >= 11 is 0. The van der Waals surface area contributed by atoms with Crippen LogP contribution in [0, 0.1) is 10.1 Å². The SMILES string of the molecule is CCCCC(=O)N(Cc1ccc(-c2ccc(OC)cc2)cc1)c1cccc([N+](=O)[O-])c1. The normalized spacial score (nSPS) is 10.5. The number of amides is 1. The molecule has 0 aliphatic rings. The number of benzene rings is 3. The van der Waals surface area contributed by atoms with Gasteiger partial charge in [0, 0.05) is 18.6 Å². The van der Waals surface area contributed by atoms with Crippen molar-refractivity contribution in [1.29, 1.82) is 0 Å². The van der Waals surface area contributed by atoms with Crippen molar-refractivity contribution in [3.8, 4) is 16.9 Å². The molecule has 3 rings (SSSR count). The van der Waals surface area contributed by atoms with Crippen molar-refractivity contribution in [2.45, 2.75) is 32.7 Å². The molecule has 3 aromatic rings. The van der Waals surface area contributed by atoms with Crippen molar-refractivity contribution in [3.63, 3.8) is 0 Å². The van der Waals surface area contributed by atoms with Crippen LogP contribution in [0.1, 0.15) is 31.7 Å². The number of methoxy groups -OCH3 is 1. The van der Waals surface area contributed by atoms with Gasteiger partial charge in [0.25, 0.3) is 5.69 Å². The third kappa shape index (κ3) is 5.69. The molecule has 0 aliphatic carbocycles. The van der Waals surface area contributed by atoms with Gasteiger partial charge in [0.15, 0.2) is 0 Å². The van der Waals surface area contributed by atoms with Gasteiger partial charge in [-0.05, 0) is 41.3 Å². The van der Waals surface area contributed by atoms with Crippen LogP contribution < -0.4 is 9.64 Å². The Morgan fingerprint density at radius 1 is 1.00 bits per heavy atom. The number of rotatable bonds is 9. The van der Waals surface area contributed by atoms with Crippen LogP contribution in [0.4, 0.5) is 11.4 Å². The van der Waals surface area contributed by atoms with E-state index in [1.54, 1.807) is 24.1 Å². The second-order valence-electron chi connectivity index (χ2n) is 7.29. The first-order chi connectivity index (χ1) is 15.0. The Bertz CT molecular complexity index is 1030. The molecule has 0 saturated carbocycles. The highest BCUT2D eigenvalue weighted by molar-refractivity contribution is 5.93. The van der Waals surface area contributed by atoms with Crippen LogP contribution >= 0.6 is 0 Å². The fourth-order valence-corrected chi connectivity index (χ4v) is 3.33. The molecule has 1 amide bonds. The van der Waals surface area contributed by atoms with Crippen LogP contribution in [-0.2, 0) is 11.3 Å². The number of hydrogen-bond acceptors (Lipinski definition) is 4. The zero-order valence-corrected chi connectivity index (χ0v) is 17.8. The highest BCUT2D eigenvalue weighted by Gasteiger charge is 2.18. The summed E-state index contributed by atoms with van der Waals surface area (Å²) < 4.78 is 5.20. The fraction of sp³-hybridized carbons (Fsp3) is 0.240. The van der Waals surface area contributed by atoms with E-state index in [0.717, 1.165) is 35.3 Å². The van der Waals surface area contributed by atoms with Crippen molar-refractivity contribution in [3.05, 3.63) is 88.5 Å². The number of ether oxygens (including phenoxy) is 1. The highest BCUT2D eigenvalue weighted by atomic mass is 16.6. The topological polar surface area (TPSA) is 72.7 Å². The van der Waals surface area contributed by atoms with Crippen molar-refractivity contribution < 1.29 is 14.5 Å². The highest BCUT2D eigenvalue weighted by Crippen LogP contribution is 2.26. The number of hydrogen-bond donors (Lipinski definition) is 0. The minimum absolute atomic E-state index is 0.0272. The van der Waals surface area contributed by atoms with Crippen molar-refractivity contribution in [2.24, 2.45) is 0 Å². The Morgan fingerprint density at radius 3 is 2.23 bits per heavy atom. The third-order valence-corrected chi connectivity index (χ3v) is 5.12. The maximum Gasteiger partial charge on any atom is 0.271 e. The van der Waals surface area contributed by atoms with Gasteiger partial charge in [-0.25, -0.2) is 0 Å². The van der Waals surface area contributed by atoms with E-state index < -0.39 is 4.92 Å². The largest absolute Gasteiger partial charge is 0.497 e. The maximum absolute atomic E-state index is 12.9. The quantitative estimate of drug-likeness (QED) is 0.316. The van der Waals surface area contributed by atoms with Crippen molar-refractivity contribution >= 4 is 17.3 Å². The van der Waals surface area contributed by atoms with Crippen LogP contribution in [0.5, 0.6) is 5.75 Å². The molecule has 0 unspecified atom stereocenters. The lowest BCUT2D eigenvalue weighted by Crippen LogP contribution is -2.30. The molecule has 3 aromatic carbocycles. The number of carbonyl (C=O) groups excluding carboxylic acids is 1. The molecule has 0 bridgehead atoms. The summed E-state index contributed by atoms with van der Waals surface area (Å²) in [5.41, 5.74) is 3.59. The number of non-ortho nitro benzene ring substituents is 1. The second kappa shape index (κ2) is 10.4. The van der Waals surface area contributed by atoms with Crippen molar-refractivity contribution in [2.75, 3.05) is 12.0 Å².